The number of carbonyl (C=O) groups excluding carboxylic acids is 1. The summed E-state index contributed by atoms with van der Waals surface area (Å²) in [6.45, 7) is 8.45. The molecular weight excluding hydrogens is 340 g/mol. The lowest BCUT2D eigenvalue weighted by molar-refractivity contribution is -0.116. The molecule has 1 amide bonds. The fourth-order valence-electron chi connectivity index (χ4n) is 2.50. The summed E-state index contributed by atoms with van der Waals surface area (Å²) in [6.07, 6.45) is 0.649. The monoisotopic (exact) mass is 360 g/mol. The highest BCUT2D eigenvalue weighted by molar-refractivity contribution is 7.06. The predicted molar refractivity (Wildman–Crippen MR) is 94.5 cm³/mol. The Morgan fingerprint density at radius 3 is 2.80 bits per heavy atom. The van der Waals surface area contributed by atoms with E-state index in [-0.39, 0.29) is 12.3 Å². The van der Waals surface area contributed by atoms with E-state index in [9.17, 15) is 4.79 Å². The first kappa shape index (κ1) is 17.3. The van der Waals surface area contributed by atoms with Crippen molar-refractivity contribution in [2.45, 2.75) is 47.1 Å². The van der Waals surface area contributed by atoms with Gasteiger partial charge in [-0.15, -0.1) is 10.2 Å². The van der Waals surface area contributed by atoms with E-state index in [2.05, 4.69) is 25.0 Å². The third-order valence-electron chi connectivity index (χ3n) is 3.75. The van der Waals surface area contributed by atoms with E-state index in [4.69, 9.17) is 4.42 Å². The number of rotatable bonds is 6. The Balaban J connectivity index is 1.63. The number of anilines is 1. The lowest BCUT2D eigenvalue weighted by atomic mass is 10.2. The smallest absolute Gasteiger partial charge is 0.265 e. The molecule has 9 heteroatoms. The Labute approximate surface area is 149 Å². The van der Waals surface area contributed by atoms with Crippen LogP contribution in [0.25, 0.3) is 11.6 Å². The van der Waals surface area contributed by atoms with Gasteiger partial charge in [0.05, 0.1) is 17.1 Å². The van der Waals surface area contributed by atoms with Crippen molar-refractivity contribution in [2.75, 3.05) is 5.32 Å². The molecule has 0 bridgehead atoms. The van der Waals surface area contributed by atoms with Crippen LogP contribution in [0.2, 0.25) is 0 Å². The van der Waals surface area contributed by atoms with Crippen molar-refractivity contribution in [2.24, 2.45) is 0 Å². The summed E-state index contributed by atoms with van der Waals surface area (Å²) < 4.78 is 11.7. The van der Waals surface area contributed by atoms with Gasteiger partial charge in [0.1, 0.15) is 5.69 Å². The number of nitrogens with one attached hydrogen (secondary N) is 1. The van der Waals surface area contributed by atoms with E-state index in [1.807, 2.05) is 38.4 Å². The van der Waals surface area contributed by atoms with Crippen LogP contribution in [0.15, 0.2) is 10.5 Å². The molecule has 0 fully saturated rings. The van der Waals surface area contributed by atoms with Gasteiger partial charge < -0.3 is 9.73 Å². The van der Waals surface area contributed by atoms with E-state index in [1.54, 1.807) is 0 Å². The minimum Gasteiger partial charge on any atom is -0.419 e. The molecule has 8 nitrogen and oxygen atoms in total. The minimum atomic E-state index is -0.0967. The largest absolute Gasteiger partial charge is 0.419 e. The number of nitrogens with zero attached hydrogens (tertiary/aromatic N) is 5. The zero-order chi connectivity index (χ0) is 18.0. The van der Waals surface area contributed by atoms with Crippen molar-refractivity contribution >= 4 is 23.1 Å². The van der Waals surface area contributed by atoms with E-state index in [0.717, 1.165) is 34.2 Å². The van der Waals surface area contributed by atoms with Crippen molar-refractivity contribution in [1.82, 2.24) is 24.4 Å². The summed E-state index contributed by atoms with van der Waals surface area (Å²) in [5.41, 5.74) is 3.31. The highest BCUT2D eigenvalue weighted by Crippen LogP contribution is 2.23. The van der Waals surface area contributed by atoms with E-state index < -0.39 is 0 Å². The van der Waals surface area contributed by atoms with Crippen LogP contribution in [0, 0.1) is 20.8 Å². The maximum Gasteiger partial charge on any atom is 0.265 e. The maximum absolute atomic E-state index is 12.1. The number of aromatic nitrogens is 5. The third kappa shape index (κ3) is 3.76. The van der Waals surface area contributed by atoms with E-state index >= 15 is 0 Å². The Kier molecular flexibility index (Phi) is 4.93. The van der Waals surface area contributed by atoms with Gasteiger partial charge in [0.15, 0.2) is 0 Å². The van der Waals surface area contributed by atoms with Gasteiger partial charge in [-0.1, -0.05) is 0 Å². The summed E-state index contributed by atoms with van der Waals surface area (Å²) in [4.78, 5) is 13.1. The Morgan fingerprint density at radius 2 is 2.12 bits per heavy atom. The summed E-state index contributed by atoms with van der Waals surface area (Å²) in [7, 11) is 0. The third-order valence-corrected chi connectivity index (χ3v) is 4.59. The van der Waals surface area contributed by atoms with Crippen LogP contribution in [-0.2, 0) is 17.8 Å². The molecule has 0 saturated carbocycles. The van der Waals surface area contributed by atoms with Crippen LogP contribution >= 0.6 is 11.5 Å². The molecule has 3 rings (SSSR count). The first-order valence-electron chi connectivity index (χ1n) is 8.07. The molecule has 0 aliphatic heterocycles. The Bertz CT molecular complexity index is 875. The summed E-state index contributed by atoms with van der Waals surface area (Å²) >= 11 is 1.38. The predicted octanol–water partition coefficient (Wildman–Crippen LogP) is 2.91. The van der Waals surface area contributed by atoms with Gasteiger partial charge in [0.2, 0.25) is 11.8 Å². The second-order valence-corrected chi connectivity index (χ2v) is 6.71. The molecule has 0 atom stereocenters. The molecule has 0 aromatic carbocycles. The molecule has 1 N–H and O–H groups in total. The zero-order valence-electron chi connectivity index (χ0n) is 14.7. The normalized spacial score (nSPS) is 11.0. The molecule has 0 aliphatic rings. The van der Waals surface area contributed by atoms with Crippen LogP contribution in [0.4, 0.5) is 5.69 Å². The second-order valence-electron chi connectivity index (χ2n) is 5.74. The molecule has 0 radical (unpaired) electrons. The summed E-state index contributed by atoms with van der Waals surface area (Å²) in [6, 6.07) is 1.91. The average molecular weight is 360 g/mol. The van der Waals surface area contributed by atoms with Crippen LogP contribution in [0.1, 0.15) is 35.5 Å². The quantitative estimate of drug-likeness (QED) is 0.726. The van der Waals surface area contributed by atoms with Gasteiger partial charge in [-0.05, 0) is 45.3 Å². The van der Waals surface area contributed by atoms with Gasteiger partial charge >= 0.3 is 0 Å². The zero-order valence-corrected chi connectivity index (χ0v) is 15.5. The number of aryl methyl sites for hydroxylation is 5. The molecule has 3 aromatic rings. The van der Waals surface area contributed by atoms with Crippen LogP contribution in [-0.4, -0.2) is 30.3 Å². The highest BCUT2D eigenvalue weighted by Gasteiger charge is 2.16. The second kappa shape index (κ2) is 7.14. The average Bonchev–Trinajstić information content (AvgIpc) is 3.27. The molecule has 0 saturated heterocycles. The SMILES string of the molecule is CCn1nc(C)cc1-c1nnc(CCC(=O)Nc2c(C)nsc2C)o1. The Morgan fingerprint density at radius 1 is 1.32 bits per heavy atom. The number of hydrogen-bond donors (Lipinski definition) is 1. The first-order chi connectivity index (χ1) is 12.0. The molecule has 0 spiro atoms. The summed E-state index contributed by atoms with van der Waals surface area (Å²) in [5, 5.41) is 15.4. The Hall–Kier alpha value is -2.55. The van der Waals surface area contributed by atoms with Crippen molar-refractivity contribution in [3.8, 4) is 11.6 Å². The molecule has 3 aromatic heterocycles. The highest BCUT2D eigenvalue weighted by atomic mass is 32.1. The van der Waals surface area contributed by atoms with Gasteiger partial charge in [0, 0.05) is 24.3 Å². The number of amides is 1. The van der Waals surface area contributed by atoms with E-state index in [1.165, 1.54) is 11.5 Å². The molecule has 0 aliphatic carbocycles. The van der Waals surface area contributed by atoms with Crippen molar-refractivity contribution in [1.29, 1.82) is 0 Å². The molecule has 3 heterocycles. The number of carbonyl (C=O) groups is 1. The lowest BCUT2D eigenvalue weighted by Crippen LogP contribution is -2.13. The number of hydrogen-bond acceptors (Lipinski definition) is 7. The van der Waals surface area contributed by atoms with Gasteiger partial charge in [-0.25, -0.2) is 0 Å². The molecular formula is C16H20N6O2S. The van der Waals surface area contributed by atoms with Crippen LogP contribution in [0.5, 0.6) is 0 Å². The molecule has 25 heavy (non-hydrogen) atoms. The fourth-order valence-corrected chi connectivity index (χ4v) is 3.16. The van der Waals surface area contributed by atoms with Gasteiger partial charge in [-0.3, -0.25) is 9.48 Å². The topological polar surface area (TPSA) is 98.7 Å². The van der Waals surface area contributed by atoms with Gasteiger partial charge in [0.25, 0.3) is 5.89 Å². The fraction of sp³-hybridized carbons (Fsp3) is 0.438. The van der Waals surface area contributed by atoms with Crippen LogP contribution < -0.4 is 5.32 Å². The van der Waals surface area contributed by atoms with Gasteiger partial charge in [-0.2, -0.15) is 9.47 Å². The first-order valence-corrected chi connectivity index (χ1v) is 8.85. The molecule has 132 valence electrons. The van der Waals surface area contributed by atoms with Crippen molar-refractivity contribution < 1.29 is 9.21 Å². The summed E-state index contributed by atoms with van der Waals surface area (Å²) in [5.74, 6) is 0.760. The standard InChI is InChI=1S/C16H20N6O2S/c1-5-22-12(8-9(2)20-22)16-19-18-14(24-16)7-6-13(23)17-15-10(3)21-25-11(15)4/h8H,5-7H2,1-4H3,(H,17,23). The maximum atomic E-state index is 12.1. The van der Waals surface area contributed by atoms with Crippen molar-refractivity contribution in [3.63, 3.8) is 0 Å². The minimum absolute atomic E-state index is 0.0967. The van der Waals surface area contributed by atoms with Crippen molar-refractivity contribution in [3.05, 3.63) is 28.2 Å². The van der Waals surface area contributed by atoms with E-state index in [0.29, 0.717) is 18.2 Å². The molecule has 0 unspecified atom stereocenters. The van der Waals surface area contributed by atoms with Crippen LogP contribution in [0.3, 0.4) is 0 Å². The lowest BCUT2D eigenvalue weighted by Gasteiger charge is -2.03.